The maximum Gasteiger partial charge on any atom is 0.328 e. The minimum Gasteiger partial charge on any atom is -0.461 e. The highest BCUT2D eigenvalue weighted by Gasteiger charge is 2.45. The van der Waals surface area contributed by atoms with E-state index in [9.17, 15) is 42.3 Å². The van der Waals surface area contributed by atoms with E-state index in [1.807, 2.05) is 4.93 Å². The van der Waals surface area contributed by atoms with Crippen LogP contribution in [0.5, 0.6) is 0 Å². The highest BCUT2D eigenvalue weighted by molar-refractivity contribution is 14.1. The Hall–Kier alpha value is -3.94. The van der Waals surface area contributed by atoms with Crippen molar-refractivity contribution in [3.05, 3.63) is 35.4 Å². The summed E-state index contributed by atoms with van der Waals surface area (Å²) in [6.45, 7) is 1.93. The molecule has 320 valence electrons. The highest BCUT2D eigenvalue weighted by Crippen LogP contribution is 2.28. The highest BCUT2D eigenvalue weighted by atomic mass is 127. The van der Waals surface area contributed by atoms with Gasteiger partial charge in [-0.15, -0.1) is 0 Å². The third-order valence-corrected chi connectivity index (χ3v) is 11.7. The maximum atomic E-state index is 14.4. The second-order valence-corrected chi connectivity index (χ2v) is 15.7. The summed E-state index contributed by atoms with van der Waals surface area (Å²) >= 11 is 2.15. The number of rotatable bonds is 8. The summed E-state index contributed by atoms with van der Waals surface area (Å²) in [5, 5.41) is 11.2. The zero-order valence-corrected chi connectivity index (χ0v) is 35.4. The van der Waals surface area contributed by atoms with Gasteiger partial charge in [-0.1, -0.05) is 54.7 Å². The summed E-state index contributed by atoms with van der Waals surface area (Å²) in [6, 6.07) is -4.10. The van der Waals surface area contributed by atoms with E-state index in [2.05, 4.69) is 43.9 Å². The number of esters is 1. The molecule has 6 atom stereocenters. The first kappa shape index (κ1) is 45.1. The number of hydrogen-bond donors (Lipinski definition) is 4. The van der Waals surface area contributed by atoms with Gasteiger partial charge in [-0.05, 0) is 67.6 Å². The molecule has 15 nitrogen and oxygen atoms in total. The molecular formula is C40H56F2IN7O8. The van der Waals surface area contributed by atoms with Gasteiger partial charge in [0.2, 0.25) is 35.4 Å². The number of hydrogen-bond acceptors (Lipinski definition) is 9. The van der Waals surface area contributed by atoms with Crippen LogP contribution in [-0.2, 0) is 44.7 Å². The predicted octanol–water partition coefficient (Wildman–Crippen LogP) is 1.73. The van der Waals surface area contributed by atoms with Gasteiger partial charge in [-0.3, -0.25) is 28.8 Å². The van der Waals surface area contributed by atoms with E-state index in [-0.39, 0.29) is 57.4 Å². The molecule has 0 aromatic heterocycles. The van der Waals surface area contributed by atoms with Gasteiger partial charge in [-0.2, -0.15) is 0 Å². The molecule has 0 bridgehead atoms. The molecule has 4 heterocycles. The molecule has 0 spiro atoms. The van der Waals surface area contributed by atoms with E-state index < -0.39 is 95.9 Å². The average molecular weight is 928 g/mol. The number of fused-ring (bicyclic) bond motifs is 3. The standard InChI is InChI=1S/C39H53F2N7O8.CH3I/c1-23-36(52)47-15-6-10-31(47)39(55)56-22-29(37(53)46-14-5-9-30(46)38(54)48-16-13-42-21-32(48)35(51)43-23)45-34(50)28(19-25-17-26(40)20-27(41)18-25)44-33(49)12-11-24-7-3-2-4-8-24;1-2/h17-18,20,23-24,28-32,42H,2-16,19,21-22H2,1H3,(H,43,51)(H,44,49)(H,45,50);1H3/t23-,28-,29-,30-,31-,32?;/m0./s1. The lowest BCUT2D eigenvalue weighted by Gasteiger charge is -2.39. The summed E-state index contributed by atoms with van der Waals surface area (Å²) in [7, 11) is 0. The molecular weight excluding hydrogens is 871 g/mol. The quantitative estimate of drug-likeness (QED) is 0.171. The number of piperazine rings is 1. The van der Waals surface area contributed by atoms with Gasteiger partial charge in [-0.25, -0.2) is 13.6 Å². The number of ether oxygens (including phenoxy) is 1. The van der Waals surface area contributed by atoms with E-state index in [0.717, 1.165) is 44.2 Å². The molecule has 1 unspecified atom stereocenters. The summed E-state index contributed by atoms with van der Waals surface area (Å²) < 4.78 is 34.2. The van der Waals surface area contributed by atoms with Crippen molar-refractivity contribution in [2.24, 2.45) is 5.92 Å². The number of nitrogens with zero attached hydrogens (tertiary/aromatic N) is 3. The van der Waals surface area contributed by atoms with Crippen LogP contribution in [-0.4, -0.2) is 137 Å². The number of cyclic esters (lactones) is 1. The Balaban J connectivity index is 0.00000315. The van der Waals surface area contributed by atoms with Crippen LogP contribution in [0.25, 0.3) is 0 Å². The molecule has 4 saturated heterocycles. The topological polar surface area (TPSA) is 187 Å². The molecule has 5 aliphatic rings. The first-order chi connectivity index (χ1) is 27.9. The fourth-order valence-electron chi connectivity index (χ4n) is 8.74. The fraction of sp³-hybridized carbons (Fsp3) is 0.675. The van der Waals surface area contributed by atoms with E-state index in [1.54, 1.807) is 0 Å². The van der Waals surface area contributed by atoms with Gasteiger partial charge < -0.3 is 40.7 Å². The average Bonchev–Trinajstić information content (AvgIpc) is 3.92. The molecule has 0 radical (unpaired) electrons. The SMILES string of the molecule is CI.C[C@@H]1NC(=O)C2CNCCN2C(=O)[C@@H]2CCCN2C(=O)[C@@H](NC(=O)[C@H](Cc2cc(F)cc(F)c2)NC(=O)CCC2CCCCC2)COC(=O)[C@@H]2CCCN2C1=O. The van der Waals surface area contributed by atoms with Crippen molar-refractivity contribution in [3.8, 4) is 0 Å². The number of halogens is 3. The van der Waals surface area contributed by atoms with E-state index in [0.29, 0.717) is 37.8 Å². The van der Waals surface area contributed by atoms with E-state index >= 15 is 0 Å². The molecule has 1 saturated carbocycles. The van der Waals surface area contributed by atoms with Crippen molar-refractivity contribution < 1.29 is 47.1 Å². The summed E-state index contributed by atoms with van der Waals surface area (Å²) in [5.74, 6) is -5.74. The minimum atomic E-state index is -1.54. The Labute approximate surface area is 351 Å². The molecule has 18 heteroatoms. The van der Waals surface area contributed by atoms with Crippen molar-refractivity contribution in [1.29, 1.82) is 0 Å². The zero-order valence-electron chi connectivity index (χ0n) is 33.2. The second kappa shape index (κ2) is 21.4. The molecule has 1 aromatic rings. The lowest BCUT2D eigenvalue weighted by Crippen LogP contribution is -2.65. The number of benzene rings is 1. The van der Waals surface area contributed by atoms with Crippen molar-refractivity contribution >= 4 is 64.0 Å². The molecule has 6 amide bonds. The minimum absolute atomic E-state index is 0.0889. The molecule has 5 fully saturated rings. The van der Waals surface area contributed by atoms with Crippen LogP contribution in [0.1, 0.15) is 83.1 Å². The van der Waals surface area contributed by atoms with Crippen LogP contribution >= 0.6 is 22.6 Å². The van der Waals surface area contributed by atoms with Gasteiger partial charge in [0.05, 0.1) is 0 Å². The summed E-state index contributed by atoms with van der Waals surface area (Å²) in [5.41, 5.74) is 0.0889. The second-order valence-electron chi connectivity index (χ2n) is 15.7. The molecule has 4 N–H and O–H groups in total. The molecule has 1 aromatic carbocycles. The molecule has 1 aliphatic carbocycles. The Kier molecular flexibility index (Phi) is 16.6. The van der Waals surface area contributed by atoms with Crippen molar-refractivity contribution in [3.63, 3.8) is 0 Å². The van der Waals surface area contributed by atoms with Crippen molar-refractivity contribution in [1.82, 2.24) is 36.0 Å². The fourth-order valence-corrected chi connectivity index (χ4v) is 8.74. The summed E-state index contributed by atoms with van der Waals surface area (Å²) in [6.07, 6.45) is 7.26. The first-order valence-corrected chi connectivity index (χ1v) is 22.6. The van der Waals surface area contributed by atoms with Crippen LogP contribution in [0.2, 0.25) is 0 Å². The zero-order chi connectivity index (χ0) is 41.9. The Morgan fingerprint density at radius 1 is 0.828 bits per heavy atom. The Morgan fingerprint density at radius 2 is 1.47 bits per heavy atom. The number of alkyl halides is 1. The maximum absolute atomic E-state index is 14.4. The van der Waals surface area contributed by atoms with E-state index in [1.165, 1.54) is 21.6 Å². The van der Waals surface area contributed by atoms with Gasteiger partial charge in [0.25, 0.3) is 0 Å². The molecule has 6 rings (SSSR count). The largest absolute Gasteiger partial charge is 0.461 e. The number of amides is 6. The number of carbonyl (C=O) groups excluding carboxylic acids is 7. The van der Waals surface area contributed by atoms with Crippen LogP contribution in [0, 0.1) is 17.6 Å². The Bertz CT molecular complexity index is 1660. The van der Waals surface area contributed by atoms with Gasteiger partial charge in [0.15, 0.2) is 0 Å². The third kappa shape index (κ3) is 11.4. The predicted molar refractivity (Wildman–Crippen MR) is 216 cm³/mol. The lowest BCUT2D eigenvalue weighted by atomic mass is 9.86. The van der Waals surface area contributed by atoms with Crippen LogP contribution in [0.15, 0.2) is 18.2 Å². The summed E-state index contributed by atoms with van der Waals surface area (Å²) in [4.78, 5) is 103. The molecule has 58 heavy (non-hydrogen) atoms. The van der Waals surface area contributed by atoms with Crippen molar-refractivity contribution in [2.75, 3.05) is 44.3 Å². The third-order valence-electron chi connectivity index (χ3n) is 11.7. The first-order valence-electron chi connectivity index (χ1n) is 20.4. The lowest BCUT2D eigenvalue weighted by molar-refractivity contribution is -0.158. The van der Waals surface area contributed by atoms with Gasteiger partial charge in [0, 0.05) is 51.6 Å². The number of carbonyl (C=O) groups is 7. The Morgan fingerprint density at radius 3 is 2.16 bits per heavy atom. The number of nitrogens with one attached hydrogen (secondary N) is 4. The van der Waals surface area contributed by atoms with E-state index in [4.69, 9.17) is 4.74 Å². The van der Waals surface area contributed by atoms with Crippen LogP contribution in [0.3, 0.4) is 0 Å². The van der Waals surface area contributed by atoms with Gasteiger partial charge >= 0.3 is 5.97 Å². The van der Waals surface area contributed by atoms with Crippen molar-refractivity contribution in [2.45, 2.75) is 120 Å². The normalized spacial score (nSPS) is 26.7. The smallest absolute Gasteiger partial charge is 0.328 e. The monoisotopic (exact) mass is 927 g/mol. The van der Waals surface area contributed by atoms with Gasteiger partial charge in [0.1, 0.15) is 54.5 Å². The van der Waals surface area contributed by atoms with Crippen LogP contribution < -0.4 is 21.3 Å². The van der Waals surface area contributed by atoms with Crippen LogP contribution in [0.4, 0.5) is 8.78 Å². The molecule has 4 aliphatic heterocycles.